The summed E-state index contributed by atoms with van der Waals surface area (Å²) in [4.78, 5) is 11.4. The topological polar surface area (TPSA) is 62.5 Å². The fourth-order valence-corrected chi connectivity index (χ4v) is 1.79. The first-order chi connectivity index (χ1) is 9.29. The molecule has 0 saturated heterocycles. The van der Waals surface area contributed by atoms with Crippen LogP contribution in [0.2, 0.25) is 0 Å². The summed E-state index contributed by atoms with van der Waals surface area (Å²) in [6, 6.07) is 13.6. The van der Waals surface area contributed by atoms with E-state index in [4.69, 9.17) is 9.52 Å². The van der Waals surface area contributed by atoms with E-state index in [0.29, 0.717) is 19.4 Å². The minimum Gasteiger partial charge on any atom is -0.461 e. The molecule has 4 heteroatoms. The number of carbonyl (C=O) groups is 1. The summed E-state index contributed by atoms with van der Waals surface area (Å²) in [6.07, 6.45) is 0.922. The zero-order valence-corrected chi connectivity index (χ0v) is 10.6. The first-order valence-corrected chi connectivity index (χ1v) is 6.31. The van der Waals surface area contributed by atoms with Crippen LogP contribution in [-0.4, -0.2) is 24.2 Å². The number of benzene rings is 1. The highest BCUT2D eigenvalue weighted by atomic mass is 16.3. The Morgan fingerprint density at radius 1 is 1.16 bits per heavy atom. The third-order valence-corrected chi connectivity index (χ3v) is 2.75. The van der Waals surface area contributed by atoms with Crippen molar-refractivity contribution in [1.29, 1.82) is 0 Å². The van der Waals surface area contributed by atoms with E-state index in [2.05, 4.69) is 5.32 Å². The largest absolute Gasteiger partial charge is 0.461 e. The maximum Gasteiger partial charge on any atom is 0.220 e. The Balaban J connectivity index is 1.90. The van der Waals surface area contributed by atoms with Crippen LogP contribution in [0.15, 0.2) is 46.9 Å². The Morgan fingerprint density at radius 3 is 2.68 bits per heavy atom. The lowest BCUT2D eigenvalue weighted by molar-refractivity contribution is -0.121. The van der Waals surface area contributed by atoms with E-state index in [1.165, 1.54) is 0 Å². The van der Waals surface area contributed by atoms with Gasteiger partial charge in [-0.25, -0.2) is 0 Å². The molecule has 0 unspecified atom stereocenters. The van der Waals surface area contributed by atoms with Crippen LogP contribution in [0.1, 0.15) is 12.2 Å². The van der Waals surface area contributed by atoms with Crippen molar-refractivity contribution in [3.63, 3.8) is 0 Å². The Kier molecular flexibility index (Phi) is 4.75. The molecular weight excluding hydrogens is 242 g/mol. The first kappa shape index (κ1) is 13.4. The molecule has 0 fully saturated rings. The van der Waals surface area contributed by atoms with E-state index in [1.807, 2.05) is 42.5 Å². The van der Waals surface area contributed by atoms with E-state index in [-0.39, 0.29) is 12.5 Å². The van der Waals surface area contributed by atoms with Crippen molar-refractivity contribution in [3.8, 4) is 11.3 Å². The highest BCUT2D eigenvalue weighted by molar-refractivity contribution is 5.76. The lowest BCUT2D eigenvalue weighted by atomic mass is 10.2. The summed E-state index contributed by atoms with van der Waals surface area (Å²) in [5, 5.41) is 11.2. The second-order valence-electron chi connectivity index (χ2n) is 4.21. The molecule has 4 nitrogen and oxygen atoms in total. The van der Waals surface area contributed by atoms with Gasteiger partial charge in [-0.2, -0.15) is 0 Å². The van der Waals surface area contributed by atoms with Crippen molar-refractivity contribution < 1.29 is 14.3 Å². The summed E-state index contributed by atoms with van der Waals surface area (Å²) >= 11 is 0. The monoisotopic (exact) mass is 259 g/mol. The molecule has 1 aromatic carbocycles. The maximum absolute atomic E-state index is 11.4. The van der Waals surface area contributed by atoms with E-state index >= 15 is 0 Å². The minimum atomic E-state index is -0.0771. The molecule has 0 saturated carbocycles. The number of aryl methyl sites for hydroxylation is 1. The number of furan rings is 1. The fourth-order valence-electron chi connectivity index (χ4n) is 1.79. The first-order valence-electron chi connectivity index (χ1n) is 6.31. The van der Waals surface area contributed by atoms with Crippen molar-refractivity contribution in [3.05, 3.63) is 48.2 Å². The van der Waals surface area contributed by atoms with Crippen molar-refractivity contribution in [1.82, 2.24) is 5.32 Å². The number of aliphatic hydroxyl groups excluding tert-OH is 1. The van der Waals surface area contributed by atoms with Crippen molar-refractivity contribution in [2.24, 2.45) is 0 Å². The summed E-state index contributed by atoms with van der Waals surface area (Å²) in [5.41, 5.74) is 1.03. The second-order valence-corrected chi connectivity index (χ2v) is 4.21. The van der Waals surface area contributed by atoms with Crippen LogP contribution in [-0.2, 0) is 11.2 Å². The molecule has 100 valence electrons. The van der Waals surface area contributed by atoms with Gasteiger partial charge in [0, 0.05) is 24.9 Å². The highest BCUT2D eigenvalue weighted by Crippen LogP contribution is 2.22. The molecule has 0 bridgehead atoms. The number of rotatable bonds is 6. The number of amides is 1. The van der Waals surface area contributed by atoms with E-state index in [9.17, 15) is 4.79 Å². The smallest absolute Gasteiger partial charge is 0.220 e. The highest BCUT2D eigenvalue weighted by Gasteiger charge is 2.06. The average molecular weight is 259 g/mol. The van der Waals surface area contributed by atoms with Crippen molar-refractivity contribution in [2.45, 2.75) is 12.8 Å². The molecule has 1 aromatic heterocycles. The van der Waals surface area contributed by atoms with Gasteiger partial charge in [0.2, 0.25) is 5.91 Å². The van der Waals surface area contributed by atoms with Crippen LogP contribution < -0.4 is 5.32 Å². The van der Waals surface area contributed by atoms with Gasteiger partial charge in [-0.3, -0.25) is 4.79 Å². The molecule has 0 spiro atoms. The average Bonchev–Trinajstić information content (AvgIpc) is 2.93. The quantitative estimate of drug-likeness (QED) is 0.834. The number of carbonyl (C=O) groups excluding carboxylic acids is 1. The number of nitrogens with one attached hydrogen (secondary N) is 1. The third-order valence-electron chi connectivity index (χ3n) is 2.75. The van der Waals surface area contributed by atoms with Crippen molar-refractivity contribution >= 4 is 5.91 Å². The van der Waals surface area contributed by atoms with E-state index in [0.717, 1.165) is 17.1 Å². The molecule has 1 heterocycles. The molecule has 0 aliphatic rings. The van der Waals surface area contributed by atoms with Crippen LogP contribution in [0.3, 0.4) is 0 Å². The summed E-state index contributed by atoms with van der Waals surface area (Å²) in [5.74, 6) is 1.52. The summed E-state index contributed by atoms with van der Waals surface area (Å²) in [7, 11) is 0. The molecule has 1 amide bonds. The van der Waals surface area contributed by atoms with Crippen LogP contribution in [0.5, 0.6) is 0 Å². The Hall–Kier alpha value is -2.07. The van der Waals surface area contributed by atoms with Crippen molar-refractivity contribution in [2.75, 3.05) is 13.2 Å². The molecule has 2 N–H and O–H groups in total. The van der Waals surface area contributed by atoms with Gasteiger partial charge in [-0.15, -0.1) is 0 Å². The number of aliphatic hydroxyl groups is 1. The molecule has 19 heavy (non-hydrogen) atoms. The molecule has 2 aromatic rings. The van der Waals surface area contributed by atoms with Gasteiger partial charge in [-0.05, 0) is 12.1 Å². The van der Waals surface area contributed by atoms with Gasteiger partial charge in [-0.1, -0.05) is 30.3 Å². The lowest BCUT2D eigenvalue weighted by Crippen LogP contribution is -2.26. The normalized spacial score (nSPS) is 10.4. The minimum absolute atomic E-state index is 0.0371. The predicted molar refractivity (Wildman–Crippen MR) is 72.6 cm³/mol. The summed E-state index contributed by atoms with van der Waals surface area (Å²) in [6.45, 7) is 0.261. The van der Waals surface area contributed by atoms with Gasteiger partial charge in [0.1, 0.15) is 11.5 Å². The van der Waals surface area contributed by atoms with Gasteiger partial charge in [0.25, 0.3) is 0 Å². The number of hydrogen-bond acceptors (Lipinski definition) is 3. The van der Waals surface area contributed by atoms with Gasteiger partial charge < -0.3 is 14.8 Å². The third kappa shape index (κ3) is 3.96. The molecule has 0 radical (unpaired) electrons. The van der Waals surface area contributed by atoms with Crippen LogP contribution >= 0.6 is 0 Å². The fraction of sp³-hybridized carbons (Fsp3) is 0.267. The summed E-state index contributed by atoms with van der Waals surface area (Å²) < 4.78 is 5.70. The molecule has 0 aliphatic heterocycles. The SMILES string of the molecule is O=C(CCc1ccc(-c2ccccc2)o1)NCCO. The standard InChI is InChI=1S/C15H17NO3/c17-11-10-16-15(18)9-7-13-6-8-14(19-13)12-4-2-1-3-5-12/h1-6,8,17H,7,9-11H2,(H,16,18). The van der Waals surface area contributed by atoms with Gasteiger partial charge in [0.15, 0.2) is 0 Å². The molecule has 2 rings (SSSR count). The molecule has 0 aliphatic carbocycles. The predicted octanol–water partition coefficient (Wildman–Crippen LogP) is 1.99. The van der Waals surface area contributed by atoms with Gasteiger partial charge >= 0.3 is 0 Å². The maximum atomic E-state index is 11.4. The van der Waals surface area contributed by atoms with E-state index in [1.54, 1.807) is 0 Å². The lowest BCUT2D eigenvalue weighted by Gasteiger charge is -2.01. The van der Waals surface area contributed by atoms with E-state index < -0.39 is 0 Å². The van der Waals surface area contributed by atoms with Crippen LogP contribution in [0, 0.1) is 0 Å². The Bertz CT molecular complexity index is 519. The Labute approximate surface area is 112 Å². The Morgan fingerprint density at radius 2 is 1.95 bits per heavy atom. The number of hydrogen-bond donors (Lipinski definition) is 2. The zero-order valence-electron chi connectivity index (χ0n) is 10.6. The zero-order chi connectivity index (χ0) is 13.5. The molecular formula is C15H17NO3. The second kappa shape index (κ2) is 6.75. The van der Waals surface area contributed by atoms with Gasteiger partial charge in [0.05, 0.1) is 6.61 Å². The van der Waals surface area contributed by atoms with Crippen LogP contribution in [0.4, 0.5) is 0 Å². The van der Waals surface area contributed by atoms with Crippen LogP contribution in [0.25, 0.3) is 11.3 Å². The molecule has 0 atom stereocenters.